The van der Waals surface area contributed by atoms with Crippen molar-refractivity contribution in [1.82, 2.24) is 14.3 Å². The van der Waals surface area contributed by atoms with Crippen molar-refractivity contribution in [2.45, 2.75) is 25.8 Å². The Labute approximate surface area is 114 Å². The minimum absolute atomic E-state index is 0.555. The zero-order valence-electron chi connectivity index (χ0n) is 11.5. The van der Waals surface area contributed by atoms with Gasteiger partial charge in [-0.3, -0.25) is 0 Å². The number of hydrogen-bond acceptors (Lipinski definition) is 3. The summed E-state index contributed by atoms with van der Waals surface area (Å²) in [7, 11) is 2.21. The first kappa shape index (κ1) is 12.6. The van der Waals surface area contributed by atoms with E-state index < -0.39 is 0 Å². The molecule has 102 valence electrons. The molecule has 4 nitrogen and oxygen atoms in total. The van der Waals surface area contributed by atoms with Crippen molar-refractivity contribution in [2.75, 3.05) is 20.1 Å². The standard InChI is InChI=1S/C15H22N4/c1-18-7-3-4-12(10-18)8-13-11-19-14(9-16)5-2-6-15(19)17-13/h2,5-6,11-12H,3-4,7-10,16H2,1H3. The third-order valence-electron chi connectivity index (χ3n) is 4.06. The maximum atomic E-state index is 5.77. The zero-order chi connectivity index (χ0) is 13.2. The predicted molar refractivity (Wildman–Crippen MR) is 77.0 cm³/mol. The average Bonchev–Trinajstić information content (AvgIpc) is 2.80. The molecule has 0 radical (unpaired) electrons. The molecule has 19 heavy (non-hydrogen) atoms. The van der Waals surface area contributed by atoms with Crippen LogP contribution in [0, 0.1) is 5.92 Å². The van der Waals surface area contributed by atoms with Crippen LogP contribution in [0.25, 0.3) is 5.65 Å². The third-order valence-corrected chi connectivity index (χ3v) is 4.06. The highest BCUT2D eigenvalue weighted by Gasteiger charge is 2.18. The van der Waals surface area contributed by atoms with Crippen LogP contribution in [0.2, 0.25) is 0 Å². The zero-order valence-corrected chi connectivity index (χ0v) is 11.5. The maximum absolute atomic E-state index is 5.77. The summed E-state index contributed by atoms with van der Waals surface area (Å²) in [5.74, 6) is 0.741. The van der Waals surface area contributed by atoms with E-state index in [-0.39, 0.29) is 0 Å². The number of imidazole rings is 1. The van der Waals surface area contributed by atoms with Crippen LogP contribution in [0.4, 0.5) is 0 Å². The lowest BCUT2D eigenvalue weighted by atomic mass is 9.94. The molecule has 0 saturated carbocycles. The topological polar surface area (TPSA) is 46.6 Å². The first-order valence-electron chi connectivity index (χ1n) is 7.11. The van der Waals surface area contributed by atoms with Gasteiger partial charge in [-0.05, 0) is 50.9 Å². The summed E-state index contributed by atoms with van der Waals surface area (Å²) in [4.78, 5) is 7.16. The Morgan fingerprint density at radius 2 is 2.32 bits per heavy atom. The van der Waals surface area contributed by atoms with Gasteiger partial charge in [-0.1, -0.05) is 6.07 Å². The van der Waals surface area contributed by atoms with Gasteiger partial charge in [0.1, 0.15) is 5.65 Å². The number of aromatic nitrogens is 2. The van der Waals surface area contributed by atoms with Crippen LogP contribution in [0.3, 0.4) is 0 Å². The molecule has 3 heterocycles. The van der Waals surface area contributed by atoms with Gasteiger partial charge in [-0.2, -0.15) is 0 Å². The summed E-state index contributed by atoms with van der Waals surface area (Å²) in [6.07, 6.45) is 5.87. The first-order chi connectivity index (χ1) is 9.26. The molecule has 2 N–H and O–H groups in total. The van der Waals surface area contributed by atoms with Crippen molar-refractivity contribution >= 4 is 5.65 Å². The average molecular weight is 258 g/mol. The van der Waals surface area contributed by atoms with E-state index in [0.29, 0.717) is 6.54 Å². The summed E-state index contributed by atoms with van der Waals surface area (Å²) in [6, 6.07) is 6.14. The predicted octanol–water partition coefficient (Wildman–Crippen LogP) is 1.68. The van der Waals surface area contributed by atoms with Crippen LogP contribution >= 0.6 is 0 Å². The van der Waals surface area contributed by atoms with Gasteiger partial charge in [0.15, 0.2) is 0 Å². The van der Waals surface area contributed by atoms with Crippen molar-refractivity contribution in [3.8, 4) is 0 Å². The second-order valence-corrected chi connectivity index (χ2v) is 5.66. The summed E-state index contributed by atoms with van der Waals surface area (Å²) in [5.41, 5.74) is 9.11. The van der Waals surface area contributed by atoms with E-state index in [1.165, 1.54) is 31.6 Å². The molecule has 2 aromatic heterocycles. The molecule has 0 amide bonds. The van der Waals surface area contributed by atoms with Gasteiger partial charge in [0.05, 0.1) is 5.69 Å². The second-order valence-electron chi connectivity index (χ2n) is 5.66. The largest absolute Gasteiger partial charge is 0.325 e. The molecule has 1 fully saturated rings. The van der Waals surface area contributed by atoms with Crippen LogP contribution in [-0.2, 0) is 13.0 Å². The lowest BCUT2D eigenvalue weighted by molar-refractivity contribution is 0.208. The van der Waals surface area contributed by atoms with Gasteiger partial charge >= 0.3 is 0 Å². The van der Waals surface area contributed by atoms with Crippen LogP contribution in [0.15, 0.2) is 24.4 Å². The molecule has 0 bridgehead atoms. The molecule has 3 rings (SSSR count). The lowest BCUT2D eigenvalue weighted by Gasteiger charge is -2.29. The Kier molecular flexibility index (Phi) is 3.53. The number of nitrogens with two attached hydrogens (primary N) is 1. The quantitative estimate of drug-likeness (QED) is 0.911. The molecule has 0 spiro atoms. The van der Waals surface area contributed by atoms with Crippen molar-refractivity contribution in [3.63, 3.8) is 0 Å². The minimum Gasteiger partial charge on any atom is -0.325 e. The molecule has 2 aromatic rings. The Bertz CT molecular complexity index is 560. The van der Waals surface area contributed by atoms with E-state index in [0.717, 1.165) is 23.7 Å². The van der Waals surface area contributed by atoms with Gasteiger partial charge in [0, 0.05) is 25.0 Å². The van der Waals surface area contributed by atoms with E-state index in [1.807, 2.05) is 6.07 Å². The van der Waals surface area contributed by atoms with Crippen molar-refractivity contribution in [3.05, 3.63) is 35.8 Å². The number of fused-ring (bicyclic) bond motifs is 1. The van der Waals surface area contributed by atoms with Gasteiger partial charge in [-0.25, -0.2) is 4.98 Å². The molecular formula is C15H22N4. The van der Waals surface area contributed by atoms with E-state index >= 15 is 0 Å². The molecule has 1 atom stereocenters. The number of piperidine rings is 1. The third kappa shape index (κ3) is 2.65. The summed E-state index contributed by atoms with van der Waals surface area (Å²) >= 11 is 0. The highest BCUT2D eigenvalue weighted by molar-refractivity contribution is 5.41. The van der Waals surface area contributed by atoms with Crippen LogP contribution in [0.5, 0.6) is 0 Å². The van der Waals surface area contributed by atoms with Gasteiger partial charge in [0.25, 0.3) is 0 Å². The van der Waals surface area contributed by atoms with Crippen LogP contribution in [-0.4, -0.2) is 34.4 Å². The van der Waals surface area contributed by atoms with E-state index in [9.17, 15) is 0 Å². The number of rotatable bonds is 3. The van der Waals surface area contributed by atoms with Crippen LogP contribution in [0.1, 0.15) is 24.2 Å². The van der Waals surface area contributed by atoms with Gasteiger partial charge in [0.2, 0.25) is 0 Å². The van der Waals surface area contributed by atoms with Crippen molar-refractivity contribution < 1.29 is 0 Å². The normalized spacial score (nSPS) is 21.1. The Morgan fingerprint density at radius 3 is 3.11 bits per heavy atom. The molecule has 0 aromatic carbocycles. The molecule has 4 heteroatoms. The Hall–Kier alpha value is -1.39. The lowest BCUT2D eigenvalue weighted by Crippen LogP contribution is -2.33. The fraction of sp³-hybridized carbons (Fsp3) is 0.533. The fourth-order valence-electron chi connectivity index (χ4n) is 3.12. The van der Waals surface area contributed by atoms with Gasteiger partial charge < -0.3 is 15.0 Å². The van der Waals surface area contributed by atoms with E-state index in [1.54, 1.807) is 0 Å². The first-order valence-corrected chi connectivity index (χ1v) is 7.11. The second kappa shape index (κ2) is 5.31. The molecule has 0 aliphatic carbocycles. The Balaban J connectivity index is 1.81. The van der Waals surface area contributed by atoms with Crippen molar-refractivity contribution in [1.29, 1.82) is 0 Å². The molecular weight excluding hydrogens is 236 g/mol. The number of likely N-dealkylation sites (tertiary alicyclic amines) is 1. The van der Waals surface area contributed by atoms with Crippen molar-refractivity contribution in [2.24, 2.45) is 11.7 Å². The van der Waals surface area contributed by atoms with Gasteiger partial charge in [-0.15, -0.1) is 0 Å². The molecule has 1 saturated heterocycles. The number of pyridine rings is 1. The highest BCUT2D eigenvalue weighted by atomic mass is 15.1. The SMILES string of the molecule is CN1CCCC(Cc2cn3c(CN)cccc3n2)C1. The highest BCUT2D eigenvalue weighted by Crippen LogP contribution is 2.20. The summed E-state index contributed by atoms with van der Waals surface area (Å²) < 4.78 is 2.13. The monoisotopic (exact) mass is 258 g/mol. The summed E-state index contributed by atoms with van der Waals surface area (Å²) in [5, 5.41) is 0. The fourth-order valence-corrected chi connectivity index (χ4v) is 3.12. The molecule has 1 unspecified atom stereocenters. The Morgan fingerprint density at radius 1 is 1.42 bits per heavy atom. The molecule has 1 aliphatic rings. The summed E-state index contributed by atoms with van der Waals surface area (Å²) in [6.45, 7) is 2.98. The molecule has 1 aliphatic heterocycles. The number of nitrogens with zero attached hydrogens (tertiary/aromatic N) is 3. The maximum Gasteiger partial charge on any atom is 0.137 e. The van der Waals surface area contributed by atoms with E-state index in [4.69, 9.17) is 10.7 Å². The van der Waals surface area contributed by atoms with E-state index in [2.05, 4.69) is 34.7 Å². The smallest absolute Gasteiger partial charge is 0.137 e. The minimum atomic E-state index is 0.555. The van der Waals surface area contributed by atoms with Crippen LogP contribution < -0.4 is 5.73 Å². The number of hydrogen-bond donors (Lipinski definition) is 1.